The molecule has 0 heterocycles. The van der Waals surface area contributed by atoms with Gasteiger partial charge in [-0.2, -0.15) is 0 Å². The number of halogens is 1. The summed E-state index contributed by atoms with van der Waals surface area (Å²) in [4.78, 5) is 22.9. The topological polar surface area (TPSA) is 46.2 Å². The second kappa shape index (κ2) is 5.65. The summed E-state index contributed by atoms with van der Waals surface area (Å²) in [5.41, 5.74) is 2.23. The minimum atomic E-state index is -0.140. The van der Waals surface area contributed by atoms with Crippen LogP contribution in [0.1, 0.15) is 43.6 Å². The third-order valence-electron chi connectivity index (χ3n) is 2.56. The standard InChI is InChI=1S/C14H18BrNO2/c1-9(17)16-12-6-10(13(18)8-15)5-11(7-12)14(2,3)4/h5-7H,8H2,1-4H3,(H,16,17). The van der Waals surface area contributed by atoms with E-state index in [2.05, 4.69) is 42.0 Å². The molecule has 0 radical (unpaired) electrons. The van der Waals surface area contributed by atoms with Gasteiger partial charge in [0, 0.05) is 18.2 Å². The Bertz CT molecular complexity index is 475. The quantitative estimate of drug-likeness (QED) is 0.685. The lowest BCUT2D eigenvalue weighted by Gasteiger charge is -2.21. The van der Waals surface area contributed by atoms with E-state index in [-0.39, 0.29) is 22.4 Å². The molecule has 0 atom stereocenters. The molecule has 0 fully saturated rings. The smallest absolute Gasteiger partial charge is 0.221 e. The van der Waals surface area contributed by atoms with Crippen molar-refractivity contribution in [1.82, 2.24) is 0 Å². The first-order valence-corrected chi connectivity index (χ1v) is 6.88. The summed E-state index contributed by atoms with van der Waals surface area (Å²) >= 11 is 3.17. The van der Waals surface area contributed by atoms with Gasteiger partial charge in [0.25, 0.3) is 0 Å². The summed E-state index contributed by atoms with van der Waals surface area (Å²) in [7, 11) is 0. The van der Waals surface area contributed by atoms with Crippen LogP contribution >= 0.6 is 15.9 Å². The van der Waals surface area contributed by atoms with E-state index in [1.165, 1.54) is 6.92 Å². The number of nitrogens with one attached hydrogen (secondary N) is 1. The van der Waals surface area contributed by atoms with E-state index in [9.17, 15) is 9.59 Å². The zero-order chi connectivity index (χ0) is 13.9. The van der Waals surface area contributed by atoms with E-state index in [4.69, 9.17) is 0 Å². The number of ketones is 1. The highest BCUT2D eigenvalue weighted by atomic mass is 79.9. The van der Waals surface area contributed by atoms with Crippen LogP contribution in [0.5, 0.6) is 0 Å². The van der Waals surface area contributed by atoms with E-state index in [0.717, 1.165) is 5.56 Å². The highest BCUT2D eigenvalue weighted by Gasteiger charge is 2.17. The average molecular weight is 312 g/mol. The Kier molecular flexibility index (Phi) is 4.68. The Morgan fingerprint density at radius 3 is 2.28 bits per heavy atom. The van der Waals surface area contributed by atoms with Crippen LogP contribution in [0.2, 0.25) is 0 Å². The zero-order valence-electron chi connectivity index (χ0n) is 11.1. The Morgan fingerprint density at radius 1 is 1.22 bits per heavy atom. The second-order valence-electron chi connectivity index (χ2n) is 5.29. The van der Waals surface area contributed by atoms with Gasteiger partial charge in [-0.25, -0.2) is 0 Å². The highest BCUT2D eigenvalue weighted by molar-refractivity contribution is 9.09. The lowest BCUT2D eigenvalue weighted by molar-refractivity contribution is -0.114. The summed E-state index contributed by atoms with van der Waals surface area (Å²) < 4.78 is 0. The minimum absolute atomic E-state index is 0.00713. The SMILES string of the molecule is CC(=O)Nc1cc(C(=O)CBr)cc(C(C)(C)C)c1. The van der Waals surface area contributed by atoms with Crippen molar-refractivity contribution in [2.24, 2.45) is 0 Å². The van der Waals surface area contributed by atoms with Gasteiger partial charge in [0.1, 0.15) is 0 Å². The fourth-order valence-corrected chi connectivity index (χ4v) is 1.90. The Balaban J connectivity index is 3.28. The molecule has 0 saturated carbocycles. The number of Topliss-reactive ketones (excluding diaryl/α,β-unsaturated/α-hetero) is 1. The van der Waals surface area contributed by atoms with E-state index in [1.54, 1.807) is 6.07 Å². The number of carbonyl (C=O) groups excluding carboxylic acids is 2. The fourth-order valence-electron chi connectivity index (χ4n) is 1.57. The van der Waals surface area contributed by atoms with Crippen LogP contribution in [0.15, 0.2) is 18.2 Å². The molecular formula is C14H18BrNO2. The third kappa shape index (κ3) is 3.95. The molecule has 0 aliphatic carbocycles. The maximum Gasteiger partial charge on any atom is 0.221 e. The lowest BCUT2D eigenvalue weighted by atomic mass is 9.85. The van der Waals surface area contributed by atoms with Crippen LogP contribution in [0, 0.1) is 0 Å². The molecule has 0 saturated heterocycles. The van der Waals surface area contributed by atoms with Crippen LogP contribution in [0.25, 0.3) is 0 Å². The van der Waals surface area contributed by atoms with Crippen molar-refractivity contribution in [2.45, 2.75) is 33.1 Å². The Hall–Kier alpha value is -1.16. The van der Waals surface area contributed by atoms with Crippen LogP contribution in [0.3, 0.4) is 0 Å². The first-order valence-electron chi connectivity index (χ1n) is 5.76. The molecule has 1 N–H and O–H groups in total. The zero-order valence-corrected chi connectivity index (χ0v) is 12.7. The number of hydrogen-bond donors (Lipinski definition) is 1. The van der Waals surface area contributed by atoms with Crippen LogP contribution < -0.4 is 5.32 Å². The molecule has 0 aromatic heterocycles. The van der Waals surface area contributed by atoms with E-state index in [1.807, 2.05) is 12.1 Å². The first kappa shape index (κ1) is 14.9. The van der Waals surface area contributed by atoms with Crippen LogP contribution in [0.4, 0.5) is 5.69 Å². The molecule has 1 amide bonds. The van der Waals surface area contributed by atoms with Crippen molar-refractivity contribution in [1.29, 1.82) is 0 Å². The number of alkyl halides is 1. The van der Waals surface area contributed by atoms with Crippen molar-refractivity contribution in [2.75, 3.05) is 10.6 Å². The molecule has 0 bridgehead atoms. The van der Waals surface area contributed by atoms with Gasteiger partial charge >= 0.3 is 0 Å². The van der Waals surface area contributed by atoms with Gasteiger partial charge in [0.2, 0.25) is 5.91 Å². The number of rotatable bonds is 3. The summed E-state index contributed by atoms with van der Waals surface area (Å²) in [6, 6.07) is 5.50. The van der Waals surface area contributed by atoms with Crippen molar-refractivity contribution < 1.29 is 9.59 Å². The monoisotopic (exact) mass is 311 g/mol. The van der Waals surface area contributed by atoms with E-state index in [0.29, 0.717) is 11.3 Å². The Labute approximate surface area is 116 Å². The summed E-state index contributed by atoms with van der Waals surface area (Å²) in [5.74, 6) is -0.133. The van der Waals surface area contributed by atoms with Gasteiger partial charge in [-0.15, -0.1) is 0 Å². The van der Waals surface area contributed by atoms with E-state index < -0.39 is 0 Å². The molecular weight excluding hydrogens is 294 g/mol. The molecule has 1 rings (SSSR count). The van der Waals surface area contributed by atoms with Crippen molar-refractivity contribution in [3.63, 3.8) is 0 Å². The highest BCUT2D eigenvalue weighted by Crippen LogP contribution is 2.27. The summed E-state index contributed by atoms with van der Waals surface area (Å²) in [6.45, 7) is 7.67. The molecule has 1 aromatic carbocycles. The maximum absolute atomic E-state index is 11.8. The molecule has 1 aromatic rings. The van der Waals surface area contributed by atoms with Gasteiger partial charge in [-0.3, -0.25) is 9.59 Å². The molecule has 0 aliphatic rings. The predicted octanol–water partition coefficient (Wildman–Crippen LogP) is 3.52. The second-order valence-corrected chi connectivity index (χ2v) is 5.85. The number of benzene rings is 1. The number of anilines is 1. The van der Waals surface area contributed by atoms with Crippen molar-refractivity contribution in [3.8, 4) is 0 Å². The fraction of sp³-hybridized carbons (Fsp3) is 0.429. The van der Waals surface area contributed by atoms with Gasteiger partial charge < -0.3 is 5.32 Å². The number of hydrogen-bond acceptors (Lipinski definition) is 2. The molecule has 4 heteroatoms. The van der Waals surface area contributed by atoms with Gasteiger partial charge in [0.15, 0.2) is 5.78 Å². The van der Waals surface area contributed by atoms with Crippen molar-refractivity contribution >= 4 is 33.3 Å². The van der Waals surface area contributed by atoms with Gasteiger partial charge in [0.05, 0.1) is 5.33 Å². The number of carbonyl (C=O) groups is 2. The molecule has 0 aliphatic heterocycles. The van der Waals surface area contributed by atoms with Crippen molar-refractivity contribution in [3.05, 3.63) is 29.3 Å². The molecule has 98 valence electrons. The molecule has 0 spiro atoms. The predicted molar refractivity (Wildman–Crippen MR) is 77.6 cm³/mol. The largest absolute Gasteiger partial charge is 0.326 e. The van der Waals surface area contributed by atoms with Gasteiger partial charge in [-0.1, -0.05) is 36.7 Å². The number of amides is 1. The average Bonchev–Trinajstić information content (AvgIpc) is 2.25. The van der Waals surface area contributed by atoms with Crippen LogP contribution in [-0.4, -0.2) is 17.0 Å². The van der Waals surface area contributed by atoms with Gasteiger partial charge in [-0.05, 0) is 29.2 Å². The minimum Gasteiger partial charge on any atom is -0.326 e. The Morgan fingerprint density at radius 2 is 1.83 bits per heavy atom. The summed E-state index contributed by atoms with van der Waals surface area (Å²) in [6.07, 6.45) is 0. The lowest BCUT2D eigenvalue weighted by Crippen LogP contribution is -2.15. The first-order chi connectivity index (χ1) is 8.24. The molecule has 3 nitrogen and oxygen atoms in total. The van der Waals surface area contributed by atoms with E-state index >= 15 is 0 Å². The summed E-state index contributed by atoms with van der Waals surface area (Å²) in [5, 5.41) is 3.01. The maximum atomic E-state index is 11.8. The molecule has 0 unspecified atom stereocenters. The normalized spacial score (nSPS) is 11.2. The van der Waals surface area contributed by atoms with Crippen LogP contribution in [-0.2, 0) is 10.2 Å². The third-order valence-corrected chi connectivity index (χ3v) is 3.07. The molecule has 18 heavy (non-hydrogen) atoms.